The van der Waals surface area contributed by atoms with E-state index in [1.54, 1.807) is 13.8 Å². The van der Waals surface area contributed by atoms with E-state index in [1.165, 1.54) is 0 Å². The predicted octanol–water partition coefficient (Wildman–Crippen LogP) is 5.00. The van der Waals surface area contributed by atoms with Gasteiger partial charge in [0.1, 0.15) is 5.72 Å². The molecule has 2 spiro atoms. The fourth-order valence-electron chi connectivity index (χ4n) is 9.99. The molecule has 2 saturated heterocycles. The molecular weight excluding hydrogens is 450 g/mol. The summed E-state index contributed by atoms with van der Waals surface area (Å²) in [5.74, 6) is -0.313. The summed E-state index contributed by atoms with van der Waals surface area (Å²) in [7, 11) is 0. The average molecular weight is 496 g/mol. The van der Waals surface area contributed by atoms with Crippen LogP contribution in [-0.4, -0.2) is 38.5 Å². The van der Waals surface area contributed by atoms with E-state index in [1.807, 2.05) is 24.3 Å². The monoisotopic (exact) mass is 495 g/mol. The van der Waals surface area contributed by atoms with E-state index in [0.29, 0.717) is 24.7 Å². The molecule has 3 saturated carbocycles. The van der Waals surface area contributed by atoms with Crippen LogP contribution in [0.3, 0.4) is 0 Å². The van der Waals surface area contributed by atoms with Gasteiger partial charge in [-0.25, -0.2) is 0 Å². The van der Waals surface area contributed by atoms with Gasteiger partial charge < -0.3 is 20.1 Å². The van der Waals surface area contributed by atoms with Gasteiger partial charge in [0.05, 0.1) is 11.7 Å². The molecule has 2 heterocycles. The molecule has 8 atom stereocenters. The van der Waals surface area contributed by atoms with Crippen LogP contribution in [0.4, 0.5) is 0 Å². The lowest BCUT2D eigenvalue weighted by atomic mass is 9.47. The minimum atomic E-state index is -1.27. The van der Waals surface area contributed by atoms with Gasteiger partial charge in [-0.3, -0.25) is 5.32 Å². The minimum absolute atomic E-state index is 0.0532. The van der Waals surface area contributed by atoms with Crippen LogP contribution in [0.15, 0.2) is 43.0 Å². The molecule has 36 heavy (non-hydrogen) atoms. The van der Waals surface area contributed by atoms with Crippen molar-refractivity contribution < 1.29 is 20.1 Å². The lowest BCUT2D eigenvalue weighted by Gasteiger charge is -2.58. The van der Waals surface area contributed by atoms with Crippen molar-refractivity contribution in [1.82, 2.24) is 5.32 Å². The van der Waals surface area contributed by atoms with Crippen LogP contribution in [0, 0.1) is 28.6 Å². The van der Waals surface area contributed by atoms with Crippen molar-refractivity contribution in [3.8, 4) is 0 Å². The third-order valence-corrected chi connectivity index (χ3v) is 11.3. The smallest absolute Gasteiger partial charge is 0.162 e. The summed E-state index contributed by atoms with van der Waals surface area (Å²) in [5.41, 5.74) is -0.704. The first-order chi connectivity index (χ1) is 17.0. The van der Waals surface area contributed by atoms with Gasteiger partial charge in [-0.2, -0.15) is 0 Å². The normalized spacial score (nSPS) is 44.9. The van der Waals surface area contributed by atoms with Crippen molar-refractivity contribution in [1.29, 1.82) is 0 Å². The Morgan fingerprint density at radius 2 is 1.89 bits per heavy atom. The number of nitrogens with one attached hydrogen (secondary N) is 1. The number of ether oxygens (including phenoxy) is 1. The molecule has 0 radical (unpaired) electrons. The van der Waals surface area contributed by atoms with E-state index in [4.69, 9.17) is 4.74 Å². The highest BCUT2D eigenvalue weighted by Gasteiger charge is 2.85. The zero-order valence-corrected chi connectivity index (χ0v) is 22.3. The van der Waals surface area contributed by atoms with Gasteiger partial charge in [-0.15, -0.1) is 6.58 Å². The van der Waals surface area contributed by atoms with Gasteiger partial charge in [0.2, 0.25) is 0 Å². The SMILES string of the molecule is C=CCC[C@H](O)C[C@H]1C[C@@]23CC[C@@]4(C)[C@@H](CC[C@@]4(O)c4ccccc4)C2C2(CC2)[C@]1(OC(C)(C)O)N3. The molecule has 5 heteroatoms. The Labute approximate surface area is 216 Å². The molecule has 1 aromatic rings. The molecule has 2 aliphatic heterocycles. The van der Waals surface area contributed by atoms with E-state index in [-0.39, 0.29) is 22.3 Å². The topological polar surface area (TPSA) is 82.0 Å². The van der Waals surface area contributed by atoms with Crippen LogP contribution >= 0.6 is 0 Å². The standard InChI is InChI=1S/C31H45NO4/c1-5-6-12-23(33)19-22-20-29-18-15-27(4)24(13-14-30(27,35)21-10-8-7-9-11-21)25(29)28(16-17-28)31(22,32-29)36-26(2,3)34/h5,7-11,22-25,32-35H,1,6,12-20H2,2-4H3/t22-,23-,24-,25?,27-,29-,30+,31-/m0/s1. The van der Waals surface area contributed by atoms with Gasteiger partial charge in [-0.05, 0) is 95.5 Å². The molecule has 5 fully saturated rings. The summed E-state index contributed by atoms with van der Waals surface area (Å²) in [4.78, 5) is 0. The molecule has 3 aliphatic carbocycles. The van der Waals surface area contributed by atoms with E-state index in [9.17, 15) is 15.3 Å². The van der Waals surface area contributed by atoms with Gasteiger partial charge in [0.25, 0.3) is 0 Å². The lowest BCUT2D eigenvalue weighted by molar-refractivity contribution is -0.288. The Hall–Kier alpha value is -1.24. The third-order valence-electron chi connectivity index (χ3n) is 11.3. The Bertz CT molecular complexity index is 1020. The fraction of sp³-hybridized carbons (Fsp3) is 0.742. The molecule has 4 N–H and O–H groups in total. The maximum absolute atomic E-state index is 12.3. The number of aliphatic hydroxyl groups is 3. The number of rotatable bonds is 8. The minimum Gasteiger partial charge on any atom is -0.393 e. The summed E-state index contributed by atoms with van der Waals surface area (Å²) in [5, 5.41) is 38.2. The largest absolute Gasteiger partial charge is 0.393 e. The molecular formula is C31H45NO4. The van der Waals surface area contributed by atoms with Crippen LogP contribution in [0.2, 0.25) is 0 Å². The Morgan fingerprint density at radius 1 is 1.17 bits per heavy atom. The maximum Gasteiger partial charge on any atom is 0.162 e. The van der Waals surface area contributed by atoms with Crippen LogP contribution in [0.5, 0.6) is 0 Å². The zero-order valence-electron chi connectivity index (χ0n) is 22.3. The molecule has 0 amide bonds. The molecule has 198 valence electrons. The van der Waals surface area contributed by atoms with Crippen LogP contribution in [0.25, 0.3) is 0 Å². The average Bonchev–Trinajstić information content (AvgIpc) is 3.44. The molecule has 5 aliphatic rings. The van der Waals surface area contributed by atoms with Crippen LogP contribution in [0.1, 0.15) is 90.5 Å². The first-order valence-electron chi connectivity index (χ1n) is 14.2. The predicted molar refractivity (Wildman–Crippen MR) is 140 cm³/mol. The van der Waals surface area contributed by atoms with E-state index >= 15 is 0 Å². The van der Waals surface area contributed by atoms with Gasteiger partial charge in [0, 0.05) is 22.3 Å². The van der Waals surface area contributed by atoms with Crippen molar-refractivity contribution in [3.63, 3.8) is 0 Å². The van der Waals surface area contributed by atoms with Crippen molar-refractivity contribution in [3.05, 3.63) is 48.6 Å². The molecule has 0 aromatic heterocycles. The fourth-order valence-corrected chi connectivity index (χ4v) is 9.99. The number of allylic oxidation sites excluding steroid dienone is 1. The number of aliphatic hydroxyl groups excluding tert-OH is 1. The van der Waals surface area contributed by atoms with Crippen molar-refractivity contribution in [2.45, 2.75) is 114 Å². The molecule has 1 unspecified atom stereocenters. The zero-order chi connectivity index (χ0) is 25.6. The second-order valence-corrected chi connectivity index (χ2v) is 13.6. The Morgan fingerprint density at radius 3 is 2.53 bits per heavy atom. The van der Waals surface area contributed by atoms with E-state index < -0.39 is 23.2 Å². The quantitative estimate of drug-likeness (QED) is 0.301. The number of benzene rings is 1. The summed E-state index contributed by atoms with van der Waals surface area (Å²) >= 11 is 0. The van der Waals surface area contributed by atoms with E-state index in [2.05, 4.69) is 31.0 Å². The summed E-state index contributed by atoms with van der Waals surface area (Å²) in [6, 6.07) is 10.3. The third kappa shape index (κ3) is 3.19. The number of hydrogen-bond acceptors (Lipinski definition) is 5. The highest BCUT2D eigenvalue weighted by atomic mass is 16.6. The second kappa shape index (κ2) is 7.89. The van der Waals surface area contributed by atoms with E-state index in [0.717, 1.165) is 56.9 Å². The Balaban J connectivity index is 1.39. The maximum atomic E-state index is 12.3. The van der Waals surface area contributed by atoms with Gasteiger partial charge >= 0.3 is 0 Å². The molecule has 5 nitrogen and oxygen atoms in total. The lowest BCUT2D eigenvalue weighted by Crippen LogP contribution is -2.59. The van der Waals surface area contributed by atoms with Crippen LogP contribution < -0.4 is 5.32 Å². The first kappa shape index (κ1) is 25.1. The van der Waals surface area contributed by atoms with Gasteiger partial charge in [-0.1, -0.05) is 43.3 Å². The number of hydrogen-bond donors (Lipinski definition) is 4. The summed E-state index contributed by atoms with van der Waals surface area (Å²) in [6.07, 6.45) is 10.6. The Kier molecular flexibility index (Phi) is 5.49. The molecule has 1 aromatic carbocycles. The molecule has 6 rings (SSSR count). The second-order valence-electron chi connectivity index (χ2n) is 13.6. The summed E-state index contributed by atoms with van der Waals surface area (Å²) < 4.78 is 6.73. The van der Waals surface area contributed by atoms with Crippen molar-refractivity contribution in [2.75, 3.05) is 0 Å². The first-order valence-corrected chi connectivity index (χ1v) is 14.2. The molecule has 2 bridgehead atoms. The highest BCUT2D eigenvalue weighted by Crippen LogP contribution is 2.81. The van der Waals surface area contributed by atoms with Crippen LogP contribution in [-0.2, 0) is 10.3 Å². The number of fused-ring (bicyclic) bond motifs is 5. The van der Waals surface area contributed by atoms with Crippen molar-refractivity contribution >= 4 is 0 Å². The highest BCUT2D eigenvalue weighted by molar-refractivity contribution is 5.37. The summed E-state index contributed by atoms with van der Waals surface area (Å²) in [6.45, 7) is 9.64. The van der Waals surface area contributed by atoms with Crippen molar-refractivity contribution in [2.24, 2.45) is 28.6 Å². The van der Waals surface area contributed by atoms with Gasteiger partial charge in [0.15, 0.2) is 5.79 Å².